The van der Waals surface area contributed by atoms with Crippen LogP contribution in [0.4, 0.5) is 0 Å². The summed E-state index contributed by atoms with van der Waals surface area (Å²) in [5.74, 6) is 0. The Morgan fingerprint density at radius 3 is 0.714 bits per heavy atom. The van der Waals surface area contributed by atoms with Gasteiger partial charge < -0.3 is 2.85 Å². The molecule has 14 heavy (non-hydrogen) atoms. The van der Waals surface area contributed by atoms with Gasteiger partial charge in [0.15, 0.2) is 0 Å². The second-order valence-corrected chi connectivity index (χ2v) is 3.42. The van der Waals surface area contributed by atoms with Gasteiger partial charge in [-0.25, -0.2) is 0 Å². The third-order valence-electron chi connectivity index (χ3n) is 0. The number of rotatable bonds is 0. The van der Waals surface area contributed by atoms with E-state index in [4.69, 9.17) is 32.1 Å². The van der Waals surface area contributed by atoms with E-state index in [1.54, 1.807) is 0 Å². The van der Waals surface area contributed by atoms with Crippen molar-refractivity contribution in [3.8, 4) is 0 Å². The summed E-state index contributed by atoms with van der Waals surface area (Å²) in [4.78, 5) is 0. The molecule has 0 bridgehead atoms. The first kappa shape index (κ1) is 36.0. The minimum absolute atomic E-state index is 0. The van der Waals surface area contributed by atoms with E-state index in [0.29, 0.717) is 0 Å². The van der Waals surface area contributed by atoms with Crippen LogP contribution in [0.2, 0.25) is 0 Å². The maximum absolute atomic E-state index is 8.80. The van der Waals surface area contributed by atoms with Gasteiger partial charge in [-0.05, 0) is 0 Å². The van der Waals surface area contributed by atoms with Crippen molar-refractivity contribution in [2.75, 3.05) is 0 Å². The van der Waals surface area contributed by atoms with Crippen molar-refractivity contribution in [1.29, 1.82) is 0 Å². The van der Waals surface area contributed by atoms with Crippen molar-refractivity contribution in [2.45, 2.75) is 0 Å². The molecule has 0 amide bonds. The summed E-state index contributed by atoms with van der Waals surface area (Å²) in [6, 6.07) is 0. The predicted octanol–water partition coefficient (Wildman–Crippen LogP) is -8.48. The van der Waals surface area contributed by atoms with Crippen molar-refractivity contribution in [3.63, 3.8) is 0 Å². The molecule has 0 aliphatic heterocycles. The van der Waals surface area contributed by atoms with Gasteiger partial charge in [0, 0.05) is 33.3 Å². The molecule has 0 aliphatic carbocycles. The van der Waals surface area contributed by atoms with Gasteiger partial charge in [-0.1, -0.05) is 0 Å². The monoisotopic (exact) mass is 375 g/mol. The molecule has 0 unspecified atom stereocenters. The van der Waals surface area contributed by atoms with Crippen LogP contribution in [0.5, 0.6) is 0 Å². The third kappa shape index (κ3) is 486. The maximum atomic E-state index is 8.80. The molecule has 0 rings (SSSR count). The van der Waals surface area contributed by atoms with Gasteiger partial charge in [-0.2, -0.15) is 0 Å². The first-order chi connectivity index (χ1) is 4.00. The number of hydrogen-bond donors (Lipinski definition) is 4. The van der Waals surface area contributed by atoms with Crippen molar-refractivity contribution < 1.29 is 133 Å². The van der Waals surface area contributed by atoms with Gasteiger partial charge >= 0.3 is 96.6 Å². The van der Waals surface area contributed by atoms with Crippen LogP contribution in [0, 0.1) is 0 Å². The molecule has 0 heterocycles. The molecule has 0 aromatic carbocycles. The summed E-state index contributed by atoms with van der Waals surface area (Å²) in [5, 5.41) is 0. The van der Waals surface area contributed by atoms with Crippen LogP contribution in [-0.2, 0) is 75.3 Å². The molecule has 0 fully saturated rings. The molecule has 0 spiro atoms. The molecule has 1 radical (unpaired) electrons. The van der Waals surface area contributed by atoms with Gasteiger partial charge in [0.2, 0.25) is 0 Å². The average molecular weight is 375 g/mol. The van der Waals surface area contributed by atoms with E-state index in [2.05, 4.69) is 0 Å². The van der Waals surface area contributed by atoms with Gasteiger partial charge in [-0.15, -0.1) is 0 Å². The molecule has 0 saturated heterocycles. The summed E-state index contributed by atoms with van der Waals surface area (Å²) in [6.07, 6.45) is 0. The topological polar surface area (TPSA) is 149 Å². The zero-order valence-electron chi connectivity index (χ0n) is 8.83. The fourth-order valence-electron chi connectivity index (χ4n) is 0. The predicted molar refractivity (Wildman–Crippen MR) is 13.8 cm³/mol. The normalized spacial score (nSPS) is 8.29. The summed E-state index contributed by atoms with van der Waals surface area (Å²) in [5.41, 5.74) is 0. The number of hydrogen-bond acceptors (Lipinski definition) is 4. The van der Waals surface area contributed by atoms with E-state index in [1.807, 2.05) is 0 Å². The Labute approximate surface area is 131 Å². The summed E-state index contributed by atoms with van der Waals surface area (Å²) in [6.45, 7) is 0. The standard InChI is InChI=1S/Co.2Li.2Mn.Ni.4H2O.4O.2H/h;;;;;;4*1H2;;;;;;/q;2*+1;2*+2;;;;;;;;;;2*-1/p-4. The summed E-state index contributed by atoms with van der Waals surface area (Å²) in [7, 11) is 0. The van der Waals surface area contributed by atoms with E-state index in [1.165, 1.54) is 0 Å². The van der Waals surface area contributed by atoms with Crippen molar-refractivity contribution in [3.05, 3.63) is 0 Å². The van der Waals surface area contributed by atoms with Crippen molar-refractivity contribution >= 4 is 0 Å². The zero-order valence-corrected chi connectivity index (χ0v) is 11.2. The summed E-state index contributed by atoms with van der Waals surface area (Å²) < 4.78 is 63.6. The second-order valence-electron chi connectivity index (χ2n) is 0.829. The van der Waals surface area contributed by atoms with Crippen LogP contribution in [-0.4, -0.2) is 16.8 Å². The Kier molecular flexibility index (Phi) is 39.2. The Bertz CT molecular complexity index is 230. The third-order valence-corrected chi connectivity index (χ3v) is 0. The van der Waals surface area contributed by atoms with E-state index >= 15 is 0 Å². The van der Waals surface area contributed by atoms with E-state index in [9.17, 15) is 0 Å². The molecule has 89 valence electrons. The summed E-state index contributed by atoms with van der Waals surface area (Å²) >= 11 is -10.2. The fourth-order valence-corrected chi connectivity index (χ4v) is 0. The molecule has 0 aromatic heterocycles. The zero-order chi connectivity index (χ0) is 9.00. The van der Waals surface area contributed by atoms with Crippen molar-refractivity contribution in [1.82, 2.24) is 0 Å². The van der Waals surface area contributed by atoms with Gasteiger partial charge in [0.1, 0.15) is 0 Å². The SMILES string of the molecule is [Co].[H-].[H-].[Li+].[Li+].[Ni].[O]=[Mn](=[O])([OH])[OH].[O]=[Mn](=[O])([OH])[OH]. The first-order valence-corrected chi connectivity index (χ1v) is 5.33. The fraction of sp³-hybridized carbons (Fsp3) is 0. The molecular weight excluding hydrogens is 369 g/mol. The van der Waals surface area contributed by atoms with Crippen LogP contribution < -0.4 is 37.7 Å². The van der Waals surface area contributed by atoms with E-state index in [0.717, 1.165) is 0 Å². The van der Waals surface area contributed by atoms with Gasteiger partial charge in [0.05, 0.1) is 0 Å². The van der Waals surface area contributed by atoms with Gasteiger partial charge in [-0.3, -0.25) is 0 Å². The Balaban J connectivity index is -0.00000000970. The average Bonchev–Trinajstić information content (AvgIpc) is 1.12. The molecule has 0 aliphatic rings. The molecule has 8 nitrogen and oxygen atoms in total. The van der Waals surface area contributed by atoms with Crippen LogP contribution in [0.15, 0.2) is 0 Å². The second kappa shape index (κ2) is 15.3. The molecule has 0 aromatic rings. The molecule has 14 heteroatoms. The van der Waals surface area contributed by atoms with Crippen LogP contribution in [0.25, 0.3) is 0 Å². The van der Waals surface area contributed by atoms with Crippen molar-refractivity contribution in [2.24, 2.45) is 0 Å². The van der Waals surface area contributed by atoms with Gasteiger partial charge in [0.25, 0.3) is 0 Å². The minimum atomic E-state index is -5.12. The van der Waals surface area contributed by atoms with Crippen LogP contribution >= 0.6 is 0 Å². The molecule has 0 saturated carbocycles. The van der Waals surface area contributed by atoms with Crippen LogP contribution in [0.3, 0.4) is 0 Å². The molecule has 4 N–H and O–H groups in total. The van der Waals surface area contributed by atoms with E-state index < -0.39 is 26.7 Å². The Morgan fingerprint density at radius 2 is 0.714 bits per heavy atom. The molecular formula is H6CoLi2Mn2NiO8. The van der Waals surface area contributed by atoms with E-state index in [-0.39, 0.29) is 73.8 Å². The first-order valence-electron chi connectivity index (χ1n) is 1.29. The quantitative estimate of drug-likeness (QED) is 0.305. The Hall–Kier alpha value is 2.27. The Morgan fingerprint density at radius 1 is 0.714 bits per heavy atom. The van der Waals surface area contributed by atoms with Crippen LogP contribution in [0.1, 0.15) is 2.85 Å². The molecule has 0 atom stereocenters.